The molecule has 0 aliphatic heterocycles. The summed E-state index contributed by atoms with van der Waals surface area (Å²) in [6, 6.07) is 11.7. The molecular formula is C21H23ClFN3OS2. The monoisotopic (exact) mass is 451 g/mol. The zero-order chi connectivity index (χ0) is 20.8. The van der Waals surface area contributed by atoms with Crippen LogP contribution in [0.3, 0.4) is 0 Å². The van der Waals surface area contributed by atoms with Gasteiger partial charge in [0.05, 0.1) is 16.0 Å². The molecule has 8 heteroatoms. The molecule has 1 amide bonds. The smallest absolute Gasteiger partial charge is 0.239 e. The summed E-state index contributed by atoms with van der Waals surface area (Å²) >= 11 is 8.97. The summed E-state index contributed by atoms with van der Waals surface area (Å²) in [5.41, 5.74) is 0.834. The summed E-state index contributed by atoms with van der Waals surface area (Å²) in [6.45, 7) is 7.42. The molecule has 4 nitrogen and oxygen atoms in total. The standard InChI is InChI=1S/C21H23ClFN3OS2/c1-3-25(4-2)11-12-26(20(27)14-28-17-8-6-16(23)7-9-17)21-24-18-10-5-15(22)13-19(18)29-21/h5-10,13H,3-4,11-12,14H2,1-2H3. The van der Waals surface area contributed by atoms with Crippen LogP contribution in [0.4, 0.5) is 9.52 Å². The third-order valence-corrected chi connectivity index (χ3v) is 6.85. The Morgan fingerprint density at radius 1 is 1.14 bits per heavy atom. The molecule has 0 aliphatic rings. The molecule has 1 aromatic heterocycles. The number of carbonyl (C=O) groups is 1. The number of hydrogen-bond acceptors (Lipinski definition) is 5. The minimum Gasteiger partial charge on any atom is -0.302 e. The molecule has 29 heavy (non-hydrogen) atoms. The summed E-state index contributed by atoms with van der Waals surface area (Å²) in [7, 11) is 0. The minimum atomic E-state index is -0.283. The minimum absolute atomic E-state index is 0.0170. The van der Waals surface area contributed by atoms with Gasteiger partial charge >= 0.3 is 0 Å². The number of hydrogen-bond donors (Lipinski definition) is 0. The Morgan fingerprint density at radius 2 is 1.86 bits per heavy atom. The van der Waals surface area contributed by atoms with Gasteiger partial charge in [0.2, 0.25) is 5.91 Å². The Morgan fingerprint density at radius 3 is 2.55 bits per heavy atom. The third kappa shape index (κ3) is 5.92. The van der Waals surface area contributed by atoms with E-state index in [9.17, 15) is 9.18 Å². The normalized spacial score (nSPS) is 11.3. The van der Waals surface area contributed by atoms with Gasteiger partial charge in [0.1, 0.15) is 5.82 Å². The highest BCUT2D eigenvalue weighted by Gasteiger charge is 2.20. The molecule has 0 N–H and O–H groups in total. The van der Waals surface area contributed by atoms with Crippen molar-refractivity contribution in [1.29, 1.82) is 0 Å². The van der Waals surface area contributed by atoms with Crippen LogP contribution in [-0.4, -0.2) is 47.7 Å². The molecule has 0 spiro atoms. The molecule has 3 rings (SSSR count). The first kappa shape index (κ1) is 22.0. The first-order valence-corrected chi connectivity index (χ1v) is 11.6. The second-order valence-electron chi connectivity index (χ2n) is 6.42. The first-order chi connectivity index (χ1) is 14.0. The number of benzene rings is 2. The molecule has 1 heterocycles. The Kier molecular flexibility index (Phi) is 7.89. The fourth-order valence-corrected chi connectivity index (χ4v) is 4.92. The van der Waals surface area contributed by atoms with Gasteiger partial charge in [-0.3, -0.25) is 9.69 Å². The van der Waals surface area contributed by atoms with Crippen molar-refractivity contribution in [3.63, 3.8) is 0 Å². The van der Waals surface area contributed by atoms with Crippen molar-refractivity contribution in [1.82, 2.24) is 9.88 Å². The highest BCUT2D eigenvalue weighted by atomic mass is 35.5. The second kappa shape index (κ2) is 10.4. The first-order valence-electron chi connectivity index (χ1n) is 9.47. The molecule has 0 radical (unpaired) electrons. The van der Waals surface area contributed by atoms with E-state index in [1.54, 1.807) is 23.1 Å². The van der Waals surface area contributed by atoms with Gasteiger partial charge in [-0.2, -0.15) is 0 Å². The van der Waals surface area contributed by atoms with Crippen LogP contribution in [0.5, 0.6) is 0 Å². The predicted octanol–water partition coefficient (Wildman–Crippen LogP) is 5.56. The van der Waals surface area contributed by atoms with Gasteiger partial charge in [-0.1, -0.05) is 36.8 Å². The molecule has 0 atom stereocenters. The van der Waals surface area contributed by atoms with Crippen LogP contribution in [0, 0.1) is 5.82 Å². The molecular weight excluding hydrogens is 429 g/mol. The topological polar surface area (TPSA) is 36.4 Å². The van der Waals surface area contributed by atoms with Crippen molar-refractivity contribution in [3.8, 4) is 0 Å². The van der Waals surface area contributed by atoms with E-state index in [4.69, 9.17) is 11.6 Å². The molecule has 0 bridgehead atoms. The number of anilines is 1. The SMILES string of the molecule is CCN(CC)CCN(C(=O)CSc1ccc(F)cc1)c1nc2ccc(Cl)cc2s1. The number of halogens is 2. The van der Waals surface area contributed by atoms with Crippen LogP contribution in [-0.2, 0) is 4.79 Å². The third-order valence-electron chi connectivity index (χ3n) is 4.58. The van der Waals surface area contributed by atoms with Crippen molar-refractivity contribution in [2.75, 3.05) is 36.8 Å². The Labute approximate surface area is 183 Å². The summed E-state index contributed by atoms with van der Waals surface area (Å²) in [6.07, 6.45) is 0. The van der Waals surface area contributed by atoms with E-state index in [0.29, 0.717) is 16.7 Å². The van der Waals surface area contributed by atoms with Crippen LogP contribution in [0.15, 0.2) is 47.4 Å². The highest BCUT2D eigenvalue weighted by molar-refractivity contribution is 8.00. The van der Waals surface area contributed by atoms with Crippen molar-refractivity contribution in [3.05, 3.63) is 53.3 Å². The van der Waals surface area contributed by atoms with Crippen molar-refractivity contribution in [2.45, 2.75) is 18.7 Å². The zero-order valence-corrected chi connectivity index (χ0v) is 18.8. The summed E-state index contributed by atoms with van der Waals surface area (Å²) in [4.78, 5) is 22.6. The average Bonchev–Trinajstić information content (AvgIpc) is 3.13. The molecule has 154 valence electrons. The molecule has 2 aromatic carbocycles. The van der Waals surface area contributed by atoms with E-state index in [1.807, 2.05) is 12.1 Å². The van der Waals surface area contributed by atoms with Crippen molar-refractivity contribution >= 4 is 56.0 Å². The van der Waals surface area contributed by atoms with Gasteiger partial charge in [0.15, 0.2) is 5.13 Å². The van der Waals surface area contributed by atoms with Gasteiger partial charge < -0.3 is 4.90 Å². The lowest BCUT2D eigenvalue weighted by atomic mass is 10.3. The lowest BCUT2D eigenvalue weighted by Gasteiger charge is -2.24. The summed E-state index contributed by atoms with van der Waals surface area (Å²) in [5, 5.41) is 1.33. The van der Waals surface area contributed by atoms with Crippen molar-refractivity contribution in [2.24, 2.45) is 0 Å². The number of thioether (sulfide) groups is 1. The average molecular weight is 452 g/mol. The maximum atomic E-state index is 13.1. The maximum Gasteiger partial charge on any atom is 0.239 e. The second-order valence-corrected chi connectivity index (χ2v) is 8.92. The lowest BCUT2D eigenvalue weighted by Crippen LogP contribution is -2.39. The van der Waals surface area contributed by atoms with Gasteiger partial charge in [0.25, 0.3) is 0 Å². The molecule has 0 fully saturated rings. The lowest BCUT2D eigenvalue weighted by molar-refractivity contribution is -0.116. The molecule has 3 aromatic rings. The number of aromatic nitrogens is 1. The van der Waals surface area contributed by atoms with E-state index in [0.717, 1.165) is 34.7 Å². The van der Waals surface area contributed by atoms with Gasteiger partial charge in [0, 0.05) is 23.0 Å². The number of carbonyl (C=O) groups excluding carboxylic acids is 1. The Bertz CT molecular complexity index is 960. The largest absolute Gasteiger partial charge is 0.302 e. The van der Waals surface area contributed by atoms with Crippen LogP contribution in [0.2, 0.25) is 5.02 Å². The Hall–Kier alpha value is -1.67. The van der Waals surface area contributed by atoms with Gasteiger partial charge in [-0.05, 0) is 55.6 Å². The quantitative estimate of drug-likeness (QED) is 0.399. The molecule has 0 unspecified atom stereocenters. The van der Waals surface area contributed by atoms with Crippen LogP contribution >= 0.6 is 34.7 Å². The summed E-state index contributed by atoms with van der Waals surface area (Å²) < 4.78 is 14.1. The molecule has 0 saturated carbocycles. The number of fused-ring (bicyclic) bond motifs is 1. The van der Waals surface area contributed by atoms with E-state index in [-0.39, 0.29) is 17.5 Å². The zero-order valence-electron chi connectivity index (χ0n) is 16.4. The Balaban J connectivity index is 1.78. The van der Waals surface area contributed by atoms with E-state index < -0.39 is 0 Å². The molecule has 0 saturated heterocycles. The van der Waals surface area contributed by atoms with Gasteiger partial charge in [-0.15, -0.1) is 11.8 Å². The number of likely N-dealkylation sites (N-methyl/N-ethyl adjacent to an activating group) is 1. The number of nitrogens with zero attached hydrogens (tertiary/aromatic N) is 3. The number of thiazole rings is 1. The van der Waals surface area contributed by atoms with Crippen LogP contribution in [0.1, 0.15) is 13.8 Å². The van der Waals surface area contributed by atoms with Crippen molar-refractivity contribution < 1.29 is 9.18 Å². The maximum absolute atomic E-state index is 13.1. The van der Waals surface area contributed by atoms with Crippen LogP contribution in [0.25, 0.3) is 10.2 Å². The highest BCUT2D eigenvalue weighted by Crippen LogP contribution is 2.31. The van der Waals surface area contributed by atoms with E-state index >= 15 is 0 Å². The van der Waals surface area contributed by atoms with Gasteiger partial charge in [-0.25, -0.2) is 9.37 Å². The predicted molar refractivity (Wildman–Crippen MR) is 122 cm³/mol. The fraction of sp³-hybridized carbons (Fsp3) is 0.333. The van der Waals surface area contributed by atoms with Crippen LogP contribution < -0.4 is 4.90 Å². The summed E-state index contributed by atoms with van der Waals surface area (Å²) in [5.74, 6) is -0.0353. The fourth-order valence-electron chi connectivity index (χ4n) is 2.86. The number of amides is 1. The number of rotatable bonds is 9. The molecule has 0 aliphatic carbocycles. The van der Waals surface area contributed by atoms with E-state index in [1.165, 1.54) is 35.2 Å². The van der Waals surface area contributed by atoms with E-state index in [2.05, 4.69) is 23.7 Å².